The fraction of sp³-hybridized carbons (Fsp3) is 0.621. The fourth-order valence-corrected chi connectivity index (χ4v) is 6.51. The molecule has 0 saturated carbocycles. The highest BCUT2D eigenvalue weighted by atomic mass is 19.1. The van der Waals surface area contributed by atoms with Gasteiger partial charge in [0.25, 0.3) is 5.91 Å². The number of nitrogens with one attached hydrogen (secondary N) is 1. The van der Waals surface area contributed by atoms with E-state index in [4.69, 9.17) is 10.7 Å². The van der Waals surface area contributed by atoms with Crippen LogP contribution in [0.2, 0.25) is 0 Å². The van der Waals surface area contributed by atoms with Crippen molar-refractivity contribution in [2.75, 3.05) is 49.5 Å². The predicted molar refractivity (Wildman–Crippen MR) is 149 cm³/mol. The molecule has 3 aliphatic rings. The summed E-state index contributed by atoms with van der Waals surface area (Å²) in [5.74, 6) is 1.27. The monoisotopic (exact) mass is 523 g/mol. The molecular formula is C29H42FN7O. The van der Waals surface area contributed by atoms with Crippen molar-refractivity contribution in [1.29, 1.82) is 0 Å². The van der Waals surface area contributed by atoms with Crippen molar-refractivity contribution >= 4 is 17.7 Å². The van der Waals surface area contributed by atoms with Gasteiger partial charge in [-0.1, -0.05) is 18.9 Å². The maximum Gasteiger partial charge on any atom is 0.253 e. The van der Waals surface area contributed by atoms with Crippen LogP contribution in [0.5, 0.6) is 0 Å². The Balaban J connectivity index is 1.22. The number of rotatable bonds is 7. The average Bonchev–Trinajstić information content (AvgIpc) is 3.24. The Kier molecular flexibility index (Phi) is 9.06. The van der Waals surface area contributed by atoms with Crippen LogP contribution in [0.1, 0.15) is 68.1 Å². The van der Waals surface area contributed by atoms with E-state index in [9.17, 15) is 9.18 Å². The third-order valence-corrected chi connectivity index (χ3v) is 8.46. The Labute approximate surface area is 225 Å². The third kappa shape index (κ3) is 6.43. The highest BCUT2D eigenvalue weighted by Gasteiger charge is 2.37. The number of carbonyl (C=O) groups is 1. The number of nitrogens with two attached hydrogens (primary N) is 1. The second kappa shape index (κ2) is 12.8. The van der Waals surface area contributed by atoms with Gasteiger partial charge in [0.05, 0.1) is 0 Å². The SMILES string of the molecule is NCCC1C(Nc2nccc(N3CCCCCC3)n2)CCCN1C1CCN(C(=O)c2cccc(F)c2)CC1. The second-order valence-corrected chi connectivity index (χ2v) is 10.9. The normalized spacial score (nSPS) is 23.7. The molecule has 1 amide bonds. The topological polar surface area (TPSA) is 90.6 Å². The van der Waals surface area contributed by atoms with Gasteiger partial charge >= 0.3 is 0 Å². The number of hydrogen-bond donors (Lipinski definition) is 2. The molecule has 2 atom stereocenters. The minimum absolute atomic E-state index is 0.0823. The van der Waals surface area contributed by atoms with Gasteiger partial charge in [-0.3, -0.25) is 9.69 Å². The fourth-order valence-electron chi connectivity index (χ4n) is 6.51. The van der Waals surface area contributed by atoms with Crippen molar-refractivity contribution in [3.63, 3.8) is 0 Å². The zero-order valence-corrected chi connectivity index (χ0v) is 22.4. The number of halogens is 1. The minimum Gasteiger partial charge on any atom is -0.356 e. The quantitative estimate of drug-likeness (QED) is 0.569. The molecular weight excluding hydrogens is 481 g/mol. The number of aromatic nitrogens is 2. The standard InChI is InChI=1S/C29H42FN7O/c30-23-8-5-7-22(21-23)28(38)36-19-12-24(13-20-36)37-18-6-9-25(26(37)10-14-31)33-29-32-15-11-27(34-29)35-16-3-1-2-4-17-35/h5,7-8,11,15,21,24-26H,1-4,6,9-10,12-14,16-20,31H2,(H,32,33,34). The summed E-state index contributed by atoms with van der Waals surface area (Å²) in [4.78, 5) is 29.3. The van der Waals surface area contributed by atoms with Gasteiger partial charge in [0, 0.05) is 56.1 Å². The molecule has 2 aromatic rings. The van der Waals surface area contributed by atoms with Gasteiger partial charge in [-0.05, 0) is 82.3 Å². The first kappa shape index (κ1) is 26.8. The number of hydrogen-bond acceptors (Lipinski definition) is 7. The molecule has 1 aromatic carbocycles. The molecule has 3 saturated heterocycles. The first-order valence-corrected chi connectivity index (χ1v) is 14.5. The van der Waals surface area contributed by atoms with E-state index in [1.54, 1.807) is 12.1 Å². The molecule has 4 heterocycles. The van der Waals surface area contributed by atoms with Crippen molar-refractivity contribution < 1.29 is 9.18 Å². The van der Waals surface area contributed by atoms with Crippen molar-refractivity contribution in [2.24, 2.45) is 5.73 Å². The number of benzene rings is 1. The van der Waals surface area contributed by atoms with Crippen molar-refractivity contribution in [1.82, 2.24) is 19.8 Å². The summed E-state index contributed by atoms with van der Waals surface area (Å²) < 4.78 is 13.6. The molecule has 3 fully saturated rings. The van der Waals surface area contributed by atoms with Gasteiger partial charge in [0.15, 0.2) is 0 Å². The molecule has 9 heteroatoms. The summed E-state index contributed by atoms with van der Waals surface area (Å²) in [6.45, 7) is 5.16. The van der Waals surface area contributed by atoms with Gasteiger partial charge in [0.1, 0.15) is 11.6 Å². The van der Waals surface area contributed by atoms with E-state index in [1.165, 1.54) is 37.8 Å². The summed E-state index contributed by atoms with van der Waals surface area (Å²) >= 11 is 0. The zero-order valence-electron chi connectivity index (χ0n) is 22.4. The molecule has 0 spiro atoms. The van der Waals surface area contributed by atoms with Crippen LogP contribution in [0.3, 0.4) is 0 Å². The van der Waals surface area contributed by atoms with Gasteiger partial charge in [-0.25, -0.2) is 9.37 Å². The summed E-state index contributed by atoms with van der Waals surface area (Å²) in [5.41, 5.74) is 6.53. The molecule has 8 nitrogen and oxygen atoms in total. The lowest BCUT2D eigenvalue weighted by Gasteiger charge is -2.48. The number of nitrogens with zero attached hydrogens (tertiary/aromatic N) is 5. The Morgan fingerprint density at radius 1 is 1.00 bits per heavy atom. The van der Waals surface area contributed by atoms with Gasteiger partial charge in [0.2, 0.25) is 5.95 Å². The van der Waals surface area contributed by atoms with E-state index in [2.05, 4.69) is 20.1 Å². The number of likely N-dealkylation sites (tertiary alicyclic amines) is 2. The molecule has 3 N–H and O–H groups in total. The Morgan fingerprint density at radius 3 is 2.53 bits per heavy atom. The predicted octanol–water partition coefficient (Wildman–Crippen LogP) is 3.89. The molecule has 1 aromatic heterocycles. The summed E-state index contributed by atoms with van der Waals surface area (Å²) in [6, 6.07) is 8.96. The lowest BCUT2D eigenvalue weighted by Crippen LogP contribution is -2.58. The maximum absolute atomic E-state index is 13.6. The molecule has 38 heavy (non-hydrogen) atoms. The van der Waals surface area contributed by atoms with E-state index in [0.29, 0.717) is 43.2 Å². The number of amides is 1. The lowest BCUT2D eigenvalue weighted by molar-refractivity contribution is 0.0364. The molecule has 3 aliphatic heterocycles. The molecule has 0 bridgehead atoms. The van der Waals surface area contributed by atoms with Gasteiger partial charge in [-0.15, -0.1) is 0 Å². The van der Waals surface area contributed by atoms with Crippen LogP contribution >= 0.6 is 0 Å². The average molecular weight is 524 g/mol. The van der Waals surface area contributed by atoms with E-state index in [1.807, 2.05) is 17.2 Å². The first-order valence-electron chi connectivity index (χ1n) is 14.5. The van der Waals surface area contributed by atoms with Crippen molar-refractivity contribution in [3.8, 4) is 0 Å². The summed E-state index contributed by atoms with van der Waals surface area (Å²) in [5, 5.41) is 3.69. The number of anilines is 2. The van der Waals surface area contributed by atoms with E-state index >= 15 is 0 Å². The van der Waals surface area contributed by atoms with Crippen LogP contribution in [-0.2, 0) is 0 Å². The second-order valence-electron chi connectivity index (χ2n) is 10.9. The Hall–Kier alpha value is -2.78. The first-order chi connectivity index (χ1) is 18.6. The maximum atomic E-state index is 13.6. The van der Waals surface area contributed by atoms with E-state index in [-0.39, 0.29) is 17.8 Å². The van der Waals surface area contributed by atoms with E-state index in [0.717, 1.165) is 57.6 Å². The molecule has 0 radical (unpaired) electrons. The number of piperidine rings is 2. The van der Waals surface area contributed by atoms with Crippen molar-refractivity contribution in [2.45, 2.75) is 75.9 Å². The molecule has 0 aliphatic carbocycles. The van der Waals surface area contributed by atoms with Gasteiger partial charge in [-0.2, -0.15) is 4.98 Å². The third-order valence-electron chi connectivity index (χ3n) is 8.46. The number of carbonyl (C=O) groups excluding carboxylic acids is 1. The molecule has 206 valence electrons. The van der Waals surface area contributed by atoms with E-state index < -0.39 is 0 Å². The van der Waals surface area contributed by atoms with Crippen LogP contribution in [0.15, 0.2) is 36.5 Å². The van der Waals surface area contributed by atoms with Crippen LogP contribution in [0.25, 0.3) is 0 Å². The molecule has 2 unspecified atom stereocenters. The highest BCUT2D eigenvalue weighted by molar-refractivity contribution is 5.94. The molecule has 5 rings (SSSR count). The summed E-state index contributed by atoms with van der Waals surface area (Å²) in [7, 11) is 0. The summed E-state index contributed by atoms with van der Waals surface area (Å²) in [6.07, 6.45) is 11.8. The Bertz CT molecular complexity index is 1050. The Morgan fingerprint density at radius 2 is 1.79 bits per heavy atom. The highest BCUT2D eigenvalue weighted by Crippen LogP contribution is 2.29. The van der Waals surface area contributed by atoms with Crippen LogP contribution in [0.4, 0.5) is 16.2 Å². The lowest BCUT2D eigenvalue weighted by atomic mass is 9.89. The van der Waals surface area contributed by atoms with Gasteiger partial charge < -0.3 is 20.9 Å². The van der Waals surface area contributed by atoms with Crippen LogP contribution in [-0.4, -0.2) is 83.1 Å². The van der Waals surface area contributed by atoms with Crippen molar-refractivity contribution in [3.05, 3.63) is 47.9 Å². The zero-order chi connectivity index (χ0) is 26.3. The van der Waals surface area contributed by atoms with Crippen LogP contribution in [0, 0.1) is 5.82 Å². The van der Waals surface area contributed by atoms with Crippen LogP contribution < -0.4 is 16.0 Å². The smallest absolute Gasteiger partial charge is 0.253 e. The minimum atomic E-state index is -0.372. The largest absolute Gasteiger partial charge is 0.356 e.